The van der Waals surface area contributed by atoms with Gasteiger partial charge in [0.15, 0.2) is 0 Å². The van der Waals surface area contributed by atoms with Crippen molar-refractivity contribution in [3.63, 3.8) is 0 Å². The number of fused-ring (bicyclic) bond motifs is 2. The summed E-state index contributed by atoms with van der Waals surface area (Å²) in [6, 6.07) is 13.3. The Kier molecular flexibility index (Phi) is 2.56. The third-order valence-corrected chi connectivity index (χ3v) is 4.14. The van der Waals surface area contributed by atoms with Crippen LogP contribution in [-0.4, -0.2) is 13.2 Å². The van der Waals surface area contributed by atoms with Gasteiger partial charge in [0.1, 0.15) is 5.75 Å². The van der Waals surface area contributed by atoms with Crippen molar-refractivity contribution in [1.82, 2.24) is 5.32 Å². The number of hydrogen-bond acceptors (Lipinski definition) is 2. The standard InChI is InChI=1S/C17H17NO/c1-2-14-11-18-8-6-16(14)15(3-1)12-4-5-17-13(10-12)7-9-19-17/h1-5,10,18H,6-9,11H2. The van der Waals surface area contributed by atoms with Gasteiger partial charge in [-0.2, -0.15) is 0 Å². The van der Waals surface area contributed by atoms with Gasteiger partial charge >= 0.3 is 0 Å². The number of rotatable bonds is 1. The van der Waals surface area contributed by atoms with Crippen molar-refractivity contribution < 1.29 is 4.74 Å². The Labute approximate surface area is 113 Å². The van der Waals surface area contributed by atoms with E-state index in [1.54, 1.807) is 0 Å². The summed E-state index contributed by atoms with van der Waals surface area (Å²) in [6.07, 6.45) is 2.17. The lowest BCUT2D eigenvalue weighted by Crippen LogP contribution is -2.24. The van der Waals surface area contributed by atoms with E-state index in [0.29, 0.717) is 0 Å². The van der Waals surface area contributed by atoms with Crippen molar-refractivity contribution >= 4 is 0 Å². The third-order valence-electron chi connectivity index (χ3n) is 4.14. The highest BCUT2D eigenvalue weighted by Crippen LogP contribution is 2.33. The maximum Gasteiger partial charge on any atom is 0.122 e. The lowest BCUT2D eigenvalue weighted by atomic mass is 9.90. The van der Waals surface area contributed by atoms with Gasteiger partial charge in [0.05, 0.1) is 6.61 Å². The van der Waals surface area contributed by atoms with Crippen LogP contribution in [0, 0.1) is 0 Å². The van der Waals surface area contributed by atoms with Crippen molar-refractivity contribution in [2.24, 2.45) is 0 Å². The van der Waals surface area contributed by atoms with Crippen LogP contribution in [0.1, 0.15) is 16.7 Å². The van der Waals surface area contributed by atoms with E-state index in [1.165, 1.54) is 27.8 Å². The van der Waals surface area contributed by atoms with Crippen LogP contribution in [0.25, 0.3) is 11.1 Å². The van der Waals surface area contributed by atoms with Crippen LogP contribution < -0.4 is 10.1 Å². The highest BCUT2D eigenvalue weighted by atomic mass is 16.5. The molecule has 4 rings (SSSR count). The quantitative estimate of drug-likeness (QED) is 0.841. The fourth-order valence-electron chi connectivity index (χ4n) is 3.16. The van der Waals surface area contributed by atoms with Gasteiger partial charge < -0.3 is 10.1 Å². The van der Waals surface area contributed by atoms with Crippen LogP contribution in [-0.2, 0) is 19.4 Å². The molecular formula is C17H17NO. The zero-order chi connectivity index (χ0) is 12.7. The van der Waals surface area contributed by atoms with E-state index in [-0.39, 0.29) is 0 Å². The highest BCUT2D eigenvalue weighted by molar-refractivity contribution is 5.71. The summed E-state index contributed by atoms with van der Waals surface area (Å²) >= 11 is 0. The molecule has 0 aliphatic carbocycles. The molecule has 0 fully saturated rings. The summed E-state index contributed by atoms with van der Waals surface area (Å²) < 4.78 is 5.59. The Morgan fingerprint density at radius 1 is 1.00 bits per heavy atom. The molecule has 2 aromatic carbocycles. The first-order valence-corrected chi connectivity index (χ1v) is 6.99. The maximum absolute atomic E-state index is 5.59. The fourth-order valence-corrected chi connectivity index (χ4v) is 3.16. The van der Waals surface area contributed by atoms with E-state index >= 15 is 0 Å². The molecule has 1 N–H and O–H groups in total. The minimum atomic E-state index is 0.829. The molecule has 0 amide bonds. The Morgan fingerprint density at radius 2 is 2.00 bits per heavy atom. The predicted molar refractivity (Wildman–Crippen MR) is 76.5 cm³/mol. The molecule has 2 heterocycles. The van der Waals surface area contributed by atoms with Crippen molar-refractivity contribution in [3.05, 3.63) is 53.1 Å². The van der Waals surface area contributed by atoms with E-state index in [2.05, 4.69) is 41.7 Å². The molecule has 19 heavy (non-hydrogen) atoms. The topological polar surface area (TPSA) is 21.3 Å². The second-order valence-electron chi connectivity index (χ2n) is 5.29. The maximum atomic E-state index is 5.59. The fraction of sp³-hybridized carbons (Fsp3) is 0.294. The SMILES string of the molecule is c1cc2c(c(-c3ccc4c(c3)CCO4)c1)CCNC2. The molecule has 2 nitrogen and oxygen atoms in total. The van der Waals surface area contributed by atoms with Gasteiger partial charge in [-0.1, -0.05) is 24.3 Å². The van der Waals surface area contributed by atoms with Gasteiger partial charge in [-0.15, -0.1) is 0 Å². The van der Waals surface area contributed by atoms with Crippen LogP contribution in [0.3, 0.4) is 0 Å². The minimum absolute atomic E-state index is 0.829. The molecule has 0 atom stereocenters. The molecule has 0 saturated carbocycles. The van der Waals surface area contributed by atoms with Gasteiger partial charge in [0, 0.05) is 13.0 Å². The Hall–Kier alpha value is -1.80. The summed E-state index contributed by atoms with van der Waals surface area (Å²) in [5.41, 5.74) is 7.04. The first kappa shape index (κ1) is 11.1. The Balaban J connectivity index is 1.84. The first-order chi connectivity index (χ1) is 9.42. The highest BCUT2D eigenvalue weighted by Gasteiger charge is 2.16. The molecular weight excluding hydrogens is 234 g/mol. The normalized spacial score (nSPS) is 16.6. The van der Waals surface area contributed by atoms with Crippen LogP contribution in [0.2, 0.25) is 0 Å². The molecule has 0 unspecified atom stereocenters. The van der Waals surface area contributed by atoms with Gasteiger partial charge in [0.25, 0.3) is 0 Å². The zero-order valence-electron chi connectivity index (χ0n) is 10.9. The summed E-state index contributed by atoms with van der Waals surface area (Å²) in [7, 11) is 0. The van der Waals surface area contributed by atoms with Crippen molar-refractivity contribution in [3.8, 4) is 16.9 Å². The molecule has 0 spiro atoms. The van der Waals surface area contributed by atoms with E-state index in [0.717, 1.165) is 38.3 Å². The van der Waals surface area contributed by atoms with Gasteiger partial charge in [-0.05, 0) is 52.9 Å². The lowest BCUT2D eigenvalue weighted by Gasteiger charge is -2.20. The summed E-state index contributed by atoms with van der Waals surface area (Å²) in [4.78, 5) is 0. The van der Waals surface area contributed by atoms with Crippen molar-refractivity contribution in [2.75, 3.05) is 13.2 Å². The number of ether oxygens (including phenoxy) is 1. The van der Waals surface area contributed by atoms with E-state index in [9.17, 15) is 0 Å². The molecule has 0 radical (unpaired) electrons. The van der Waals surface area contributed by atoms with Crippen LogP contribution in [0.5, 0.6) is 5.75 Å². The molecule has 2 aromatic rings. The molecule has 96 valence electrons. The Bertz CT molecular complexity index is 633. The average molecular weight is 251 g/mol. The number of nitrogens with one attached hydrogen (secondary N) is 1. The summed E-state index contributed by atoms with van der Waals surface area (Å²) in [5.74, 6) is 1.07. The average Bonchev–Trinajstić information content (AvgIpc) is 2.94. The number of benzene rings is 2. The number of hydrogen-bond donors (Lipinski definition) is 1. The van der Waals surface area contributed by atoms with Crippen LogP contribution >= 0.6 is 0 Å². The van der Waals surface area contributed by atoms with E-state index < -0.39 is 0 Å². The molecule has 0 saturated heterocycles. The molecule has 2 aliphatic rings. The second kappa shape index (κ2) is 4.39. The molecule has 2 heteroatoms. The monoisotopic (exact) mass is 251 g/mol. The van der Waals surface area contributed by atoms with Crippen LogP contribution in [0.4, 0.5) is 0 Å². The molecule has 0 bridgehead atoms. The van der Waals surface area contributed by atoms with E-state index in [1.807, 2.05) is 0 Å². The first-order valence-electron chi connectivity index (χ1n) is 6.99. The smallest absolute Gasteiger partial charge is 0.122 e. The van der Waals surface area contributed by atoms with Crippen LogP contribution in [0.15, 0.2) is 36.4 Å². The van der Waals surface area contributed by atoms with E-state index in [4.69, 9.17) is 4.74 Å². The Morgan fingerprint density at radius 3 is 3.00 bits per heavy atom. The lowest BCUT2D eigenvalue weighted by molar-refractivity contribution is 0.357. The zero-order valence-corrected chi connectivity index (χ0v) is 10.9. The minimum Gasteiger partial charge on any atom is -0.493 e. The molecule has 2 aliphatic heterocycles. The summed E-state index contributed by atoms with van der Waals surface area (Å²) in [6.45, 7) is 2.91. The van der Waals surface area contributed by atoms with Crippen molar-refractivity contribution in [1.29, 1.82) is 0 Å². The van der Waals surface area contributed by atoms with Crippen molar-refractivity contribution in [2.45, 2.75) is 19.4 Å². The third kappa shape index (κ3) is 1.83. The van der Waals surface area contributed by atoms with Gasteiger partial charge in [-0.25, -0.2) is 0 Å². The summed E-state index contributed by atoms with van der Waals surface area (Å²) in [5, 5.41) is 3.44. The molecule has 0 aromatic heterocycles. The predicted octanol–water partition coefficient (Wildman–Crippen LogP) is 2.93. The van der Waals surface area contributed by atoms with Gasteiger partial charge in [0.2, 0.25) is 0 Å². The second-order valence-corrected chi connectivity index (χ2v) is 5.29. The largest absolute Gasteiger partial charge is 0.493 e. The van der Waals surface area contributed by atoms with Gasteiger partial charge in [-0.3, -0.25) is 0 Å².